The lowest BCUT2D eigenvalue weighted by molar-refractivity contribution is -0.498. The summed E-state index contributed by atoms with van der Waals surface area (Å²) in [6, 6.07) is 7.08. The number of hydrogen-bond donors (Lipinski definition) is 0. The second-order valence-electron chi connectivity index (χ2n) is 5.24. The van der Waals surface area contributed by atoms with Gasteiger partial charge in [-0.3, -0.25) is 20.2 Å². The van der Waals surface area contributed by atoms with E-state index in [1.54, 1.807) is 29.6 Å². The number of hydrogen-bond acceptors (Lipinski definition) is 9. The van der Waals surface area contributed by atoms with E-state index in [0.29, 0.717) is 31.9 Å². The summed E-state index contributed by atoms with van der Waals surface area (Å²) in [6.45, 7) is -0.657. The molecule has 1 aromatic carbocycles. The Kier molecular flexibility index (Phi) is 4.18. The molecule has 8 nitrogen and oxygen atoms in total. The summed E-state index contributed by atoms with van der Waals surface area (Å²) in [5.41, 5.74) is 1.38. The van der Waals surface area contributed by atoms with Gasteiger partial charge in [0.05, 0.1) is 22.2 Å². The zero-order valence-electron chi connectivity index (χ0n) is 12.8. The third-order valence-electron chi connectivity index (χ3n) is 3.79. The van der Waals surface area contributed by atoms with Crippen LogP contribution in [0.1, 0.15) is 5.56 Å². The third kappa shape index (κ3) is 2.66. The molecule has 0 aliphatic rings. The van der Waals surface area contributed by atoms with Crippen LogP contribution in [0.4, 0.5) is 5.69 Å². The number of fused-ring (bicyclic) bond motifs is 1. The highest BCUT2D eigenvalue weighted by atomic mass is 32.1. The second-order valence-corrected chi connectivity index (χ2v) is 7.66. The molecule has 0 amide bonds. The first-order valence-electron chi connectivity index (χ1n) is 7.23. The summed E-state index contributed by atoms with van der Waals surface area (Å²) in [7, 11) is 0. The minimum absolute atomic E-state index is 0.0612. The number of thiophene rings is 2. The minimum atomic E-state index is -0.657. The van der Waals surface area contributed by atoms with Crippen LogP contribution in [0.2, 0.25) is 0 Å². The van der Waals surface area contributed by atoms with Crippen molar-refractivity contribution in [2.45, 2.75) is 6.54 Å². The smallest absolute Gasteiger partial charge is 0.264 e. The van der Waals surface area contributed by atoms with E-state index < -0.39 is 16.4 Å². The summed E-state index contributed by atoms with van der Waals surface area (Å²) in [5.74, 6) is 0. The third-order valence-corrected chi connectivity index (χ3v) is 6.09. The average molecular weight is 404 g/mol. The van der Waals surface area contributed by atoms with Gasteiger partial charge in [0, 0.05) is 20.2 Å². The molecule has 11 heteroatoms. The van der Waals surface area contributed by atoms with Gasteiger partial charge >= 0.3 is 0 Å². The van der Waals surface area contributed by atoms with Crippen molar-refractivity contribution in [3.05, 3.63) is 60.8 Å². The van der Waals surface area contributed by atoms with Crippen molar-refractivity contribution in [1.29, 1.82) is 0 Å². The Balaban J connectivity index is 2.21. The van der Waals surface area contributed by atoms with Crippen LogP contribution in [0.25, 0.3) is 31.9 Å². The Morgan fingerprint density at radius 2 is 1.50 bits per heavy atom. The van der Waals surface area contributed by atoms with E-state index in [0.717, 1.165) is 11.7 Å². The van der Waals surface area contributed by atoms with Crippen molar-refractivity contribution in [2.75, 3.05) is 0 Å². The first-order chi connectivity index (χ1) is 12.6. The van der Waals surface area contributed by atoms with Crippen LogP contribution >= 0.6 is 34.4 Å². The highest BCUT2D eigenvalue weighted by molar-refractivity contribution is 7.14. The molecule has 4 aromatic rings. The molecular weight excluding hydrogens is 396 g/mol. The van der Waals surface area contributed by atoms with Crippen LogP contribution in [-0.4, -0.2) is 18.6 Å². The Morgan fingerprint density at radius 1 is 0.923 bits per heavy atom. The summed E-state index contributed by atoms with van der Waals surface area (Å²) in [4.78, 5) is 23.5. The van der Waals surface area contributed by atoms with Gasteiger partial charge in [0.2, 0.25) is 6.54 Å². The van der Waals surface area contributed by atoms with Gasteiger partial charge in [0.25, 0.3) is 5.69 Å². The van der Waals surface area contributed by atoms with Gasteiger partial charge in [-0.2, -0.15) is 8.75 Å². The second kappa shape index (κ2) is 6.52. The predicted molar refractivity (Wildman–Crippen MR) is 101 cm³/mol. The maximum absolute atomic E-state index is 12.0. The van der Waals surface area contributed by atoms with Crippen LogP contribution < -0.4 is 0 Å². The topological polar surface area (TPSA) is 112 Å². The molecule has 0 saturated carbocycles. The van der Waals surface area contributed by atoms with E-state index in [1.807, 2.05) is 5.38 Å². The number of benzene rings is 1. The first kappa shape index (κ1) is 16.7. The fourth-order valence-corrected chi connectivity index (χ4v) is 5.00. The lowest BCUT2D eigenvalue weighted by atomic mass is 9.96. The van der Waals surface area contributed by atoms with Gasteiger partial charge in [-0.1, -0.05) is 12.1 Å². The number of nitro benzene ring substituents is 1. The van der Waals surface area contributed by atoms with Crippen molar-refractivity contribution in [2.24, 2.45) is 0 Å². The van der Waals surface area contributed by atoms with E-state index in [4.69, 9.17) is 0 Å². The van der Waals surface area contributed by atoms with Crippen molar-refractivity contribution in [3.63, 3.8) is 0 Å². The van der Waals surface area contributed by atoms with Gasteiger partial charge < -0.3 is 0 Å². The van der Waals surface area contributed by atoms with Crippen LogP contribution in [0, 0.1) is 20.2 Å². The molecule has 4 rings (SSSR count). The summed E-state index contributed by atoms with van der Waals surface area (Å²) in [5, 5.41) is 26.9. The standard InChI is InChI=1S/C15H8N4O4S3/c20-18(21)7-8-11(9-3-1-5-24-9)13-14(17-26-16-13)12(15(8)19(22)23)10-4-2-6-25-10/h1-6H,7H2. The normalized spacial score (nSPS) is 11.1. The molecule has 3 aromatic heterocycles. The Bertz CT molecular complexity index is 1120. The molecule has 130 valence electrons. The van der Waals surface area contributed by atoms with E-state index >= 15 is 0 Å². The first-order valence-corrected chi connectivity index (χ1v) is 9.72. The molecule has 26 heavy (non-hydrogen) atoms. The maximum atomic E-state index is 12.0. The van der Waals surface area contributed by atoms with Crippen LogP contribution in [0.3, 0.4) is 0 Å². The highest BCUT2D eigenvalue weighted by Crippen LogP contribution is 2.47. The Hall–Kier alpha value is -2.76. The lowest BCUT2D eigenvalue weighted by Crippen LogP contribution is -2.07. The van der Waals surface area contributed by atoms with Crippen LogP contribution in [0.5, 0.6) is 0 Å². The quantitative estimate of drug-likeness (QED) is 0.348. The van der Waals surface area contributed by atoms with Crippen molar-refractivity contribution < 1.29 is 9.85 Å². The Labute approximate surface area is 158 Å². The molecule has 0 aliphatic carbocycles. The molecule has 0 N–H and O–H groups in total. The molecule has 0 spiro atoms. The minimum Gasteiger partial charge on any atom is -0.264 e. The molecule has 0 bridgehead atoms. The number of aromatic nitrogens is 2. The number of nitrogens with zero attached hydrogens (tertiary/aromatic N) is 4. The van der Waals surface area contributed by atoms with Crippen molar-refractivity contribution >= 4 is 51.1 Å². The van der Waals surface area contributed by atoms with Gasteiger partial charge in [-0.25, -0.2) is 0 Å². The summed E-state index contributed by atoms with van der Waals surface area (Å²) < 4.78 is 8.59. The molecule has 0 radical (unpaired) electrons. The van der Waals surface area contributed by atoms with Gasteiger partial charge in [0.15, 0.2) is 0 Å². The predicted octanol–water partition coefficient (Wildman–Crippen LogP) is 4.83. The average Bonchev–Trinajstić information content (AvgIpc) is 3.34. The largest absolute Gasteiger partial charge is 0.290 e. The fraction of sp³-hybridized carbons (Fsp3) is 0.0667. The maximum Gasteiger partial charge on any atom is 0.290 e. The Morgan fingerprint density at radius 3 is 2.00 bits per heavy atom. The fourth-order valence-electron chi connectivity index (χ4n) is 2.87. The zero-order valence-corrected chi connectivity index (χ0v) is 15.3. The molecule has 0 atom stereocenters. The van der Waals surface area contributed by atoms with Crippen molar-refractivity contribution in [1.82, 2.24) is 8.75 Å². The van der Waals surface area contributed by atoms with E-state index in [-0.39, 0.29) is 11.3 Å². The van der Waals surface area contributed by atoms with Crippen LogP contribution in [0.15, 0.2) is 35.0 Å². The van der Waals surface area contributed by atoms with Gasteiger partial charge in [0.1, 0.15) is 16.6 Å². The van der Waals surface area contributed by atoms with Gasteiger partial charge in [-0.05, 0) is 22.9 Å². The number of rotatable bonds is 5. The molecule has 3 heterocycles. The van der Waals surface area contributed by atoms with E-state index in [9.17, 15) is 20.2 Å². The number of nitro groups is 2. The van der Waals surface area contributed by atoms with E-state index in [1.165, 1.54) is 22.7 Å². The molecule has 0 unspecified atom stereocenters. The van der Waals surface area contributed by atoms with Gasteiger partial charge in [-0.15, -0.1) is 22.7 Å². The molecule has 0 fully saturated rings. The summed E-state index contributed by atoms with van der Waals surface area (Å²) in [6.07, 6.45) is 0. The summed E-state index contributed by atoms with van der Waals surface area (Å²) >= 11 is 3.62. The van der Waals surface area contributed by atoms with E-state index in [2.05, 4.69) is 8.75 Å². The molecule has 0 saturated heterocycles. The molecule has 0 aliphatic heterocycles. The molecular formula is C15H8N4O4S3. The van der Waals surface area contributed by atoms with Crippen LogP contribution in [-0.2, 0) is 6.54 Å². The lowest BCUT2D eigenvalue weighted by Gasteiger charge is -2.10. The SMILES string of the molecule is O=[N+]([O-])Cc1c([N+](=O)[O-])c(-c2cccs2)c2nsnc2c1-c1cccs1. The highest BCUT2D eigenvalue weighted by Gasteiger charge is 2.34. The zero-order chi connectivity index (χ0) is 18.3. The van der Waals surface area contributed by atoms with Crippen molar-refractivity contribution in [3.8, 4) is 20.9 Å². The monoisotopic (exact) mass is 404 g/mol.